The van der Waals surface area contributed by atoms with Gasteiger partial charge in [-0.1, -0.05) is 38.5 Å². The van der Waals surface area contributed by atoms with Crippen LogP contribution in [0, 0.1) is 5.92 Å². The number of aromatic nitrogens is 1. The molecule has 1 aliphatic rings. The van der Waals surface area contributed by atoms with Crippen molar-refractivity contribution in [1.29, 1.82) is 0 Å². The van der Waals surface area contributed by atoms with Gasteiger partial charge >= 0.3 is 6.18 Å². The lowest BCUT2D eigenvalue weighted by Gasteiger charge is -2.15. The summed E-state index contributed by atoms with van der Waals surface area (Å²) < 4.78 is 38.6. The number of rotatable bonds is 3. The number of ketones is 1. The van der Waals surface area contributed by atoms with Crippen LogP contribution in [0.4, 0.5) is 13.2 Å². The molecule has 20 heavy (non-hydrogen) atoms. The molecule has 0 N–H and O–H groups in total. The van der Waals surface area contributed by atoms with Crippen LogP contribution >= 0.6 is 0 Å². The number of halogens is 3. The summed E-state index contributed by atoms with van der Waals surface area (Å²) in [6.45, 7) is 0. The monoisotopic (exact) mass is 285 g/mol. The van der Waals surface area contributed by atoms with Crippen LogP contribution in [-0.4, -0.2) is 10.8 Å². The fourth-order valence-electron chi connectivity index (χ4n) is 2.80. The van der Waals surface area contributed by atoms with Gasteiger partial charge in [-0.15, -0.1) is 0 Å². The predicted octanol–water partition coefficient (Wildman–Crippen LogP) is 4.64. The van der Waals surface area contributed by atoms with Crippen LogP contribution in [0.5, 0.6) is 0 Å². The minimum Gasteiger partial charge on any atom is -0.294 e. The fraction of sp³-hybridized carbons (Fsp3) is 0.600. The van der Waals surface area contributed by atoms with E-state index in [2.05, 4.69) is 4.98 Å². The van der Waals surface area contributed by atoms with Crippen molar-refractivity contribution in [3.63, 3.8) is 0 Å². The van der Waals surface area contributed by atoms with E-state index in [9.17, 15) is 18.0 Å². The quantitative estimate of drug-likeness (QED) is 0.598. The lowest BCUT2D eigenvalue weighted by molar-refractivity contribution is -0.138. The maximum atomic E-state index is 12.9. The summed E-state index contributed by atoms with van der Waals surface area (Å²) >= 11 is 0. The number of hydrogen-bond donors (Lipinski definition) is 0. The normalized spacial score (nSPS) is 17.8. The van der Waals surface area contributed by atoms with Crippen molar-refractivity contribution in [2.45, 2.75) is 51.1 Å². The van der Waals surface area contributed by atoms with E-state index in [4.69, 9.17) is 0 Å². The van der Waals surface area contributed by atoms with Crippen molar-refractivity contribution in [1.82, 2.24) is 4.98 Å². The van der Waals surface area contributed by atoms with Crippen molar-refractivity contribution in [3.05, 3.63) is 29.6 Å². The van der Waals surface area contributed by atoms with Gasteiger partial charge in [0.2, 0.25) is 0 Å². The molecule has 0 amide bonds. The lowest BCUT2D eigenvalue weighted by atomic mass is 9.91. The molecule has 0 radical (unpaired) electrons. The van der Waals surface area contributed by atoms with E-state index in [1.54, 1.807) is 0 Å². The Morgan fingerprint density at radius 3 is 2.45 bits per heavy atom. The second-order valence-electron chi connectivity index (χ2n) is 5.40. The highest BCUT2D eigenvalue weighted by atomic mass is 19.4. The minimum atomic E-state index is -4.50. The summed E-state index contributed by atoms with van der Waals surface area (Å²) in [7, 11) is 0. The maximum Gasteiger partial charge on any atom is 0.417 e. The molecule has 0 spiro atoms. The summed E-state index contributed by atoms with van der Waals surface area (Å²) in [5, 5.41) is 0. The van der Waals surface area contributed by atoms with Crippen LogP contribution in [0.25, 0.3) is 0 Å². The van der Waals surface area contributed by atoms with Crippen molar-refractivity contribution < 1.29 is 18.0 Å². The van der Waals surface area contributed by atoms with Gasteiger partial charge in [-0.25, -0.2) is 0 Å². The Hall–Kier alpha value is -1.39. The number of carbonyl (C=O) groups is 1. The first kappa shape index (κ1) is 15.0. The number of pyridine rings is 1. The molecule has 5 heteroatoms. The maximum absolute atomic E-state index is 12.9. The molecular formula is C15H18F3NO. The summed E-state index contributed by atoms with van der Waals surface area (Å²) in [6, 6.07) is 0.875. The highest BCUT2D eigenvalue weighted by molar-refractivity contribution is 5.97. The lowest BCUT2D eigenvalue weighted by Crippen LogP contribution is -2.16. The van der Waals surface area contributed by atoms with Crippen molar-refractivity contribution in [3.8, 4) is 0 Å². The highest BCUT2D eigenvalue weighted by Crippen LogP contribution is 2.33. The molecule has 0 atom stereocenters. The van der Waals surface area contributed by atoms with Crippen molar-refractivity contribution in [2.75, 3.05) is 0 Å². The van der Waals surface area contributed by atoms with Crippen LogP contribution in [0.15, 0.2) is 18.5 Å². The topological polar surface area (TPSA) is 30.0 Å². The third-order valence-corrected chi connectivity index (χ3v) is 3.88. The van der Waals surface area contributed by atoms with Gasteiger partial charge in [0.1, 0.15) is 0 Å². The molecule has 0 aromatic carbocycles. The van der Waals surface area contributed by atoms with Gasteiger partial charge in [0.05, 0.1) is 5.56 Å². The first-order chi connectivity index (χ1) is 9.48. The van der Waals surface area contributed by atoms with E-state index in [1.807, 2.05) is 0 Å². The van der Waals surface area contributed by atoms with Crippen molar-refractivity contribution in [2.24, 2.45) is 5.92 Å². The molecule has 1 aliphatic carbocycles. The van der Waals surface area contributed by atoms with Gasteiger partial charge in [-0.05, 0) is 12.0 Å². The number of Topliss-reactive ketones (excluding diaryl/α,β-unsaturated/α-hetero) is 1. The third-order valence-electron chi connectivity index (χ3n) is 3.88. The van der Waals surface area contributed by atoms with E-state index >= 15 is 0 Å². The zero-order chi connectivity index (χ0) is 14.6. The average Bonchev–Trinajstić information content (AvgIpc) is 2.66. The third kappa shape index (κ3) is 3.81. The van der Waals surface area contributed by atoms with Crippen LogP contribution in [0.1, 0.15) is 60.9 Å². The first-order valence-corrected chi connectivity index (χ1v) is 7.03. The number of nitrogens with zero attached hydrogens (tertiary/aromatic N) is 1. The Bertz CT molecular complexity index is 462. The van der Waals surface area contributed by atoms with Gasteiger partial charge in [0.25, 0.3) is 0 Å². The molecular weight excluding hydrogens is 267 g/mol. The summed E-state index contributed by atoms with van der Waals surface area (Å²) in [5.41, 5.74) is -1.16. The van der Waals surface area contributed by atoms with E-state index in [1.165, 1.54) is 0 Å². The zero-order valence-electron chi connectivity index (χ0n) is 11.2. The molecule has 1 fully saturated rings. The minimum absolute atomic E-state index is 0.203. The van der Waals surface area contributed by atoms with Crippen LogP contribution in [-0.2, 0) is 6.18 Å². The average molecular weight is 285 g/mol. The Kier molecular flexibility index (Phi) is 4.78. The summed E-state index contributed by atoms with van der Waals surface area (Å²) in [6.07, 6.45) is 4.14. The molecule has 2 nitrogen and oxygen atoms in total. The van der Waals surface area contributed by atoms with Gasteiger partial charge < -0.3 is 0 Å². The second-order valence-corrected chi connectivity index (χ2v) is 5.40. The van der Waals surface area contributed by atoms with Crippen LogP contribution in [0.3, 0.4) is 0 Å². The molecule has 0 bridgehead atoms. The Morgan fingerprint density at radius 1 is 1.20 bits per heavy atom. The Labute approximate surface area is 116 Å². The molecule has 2 rings (SSSR count). The standard InChI is InChI=1S/C15H18F3NO/c16-15(17,18)13-7-8-19-10-12(13)14(20)9-11-5-3-1-2-4-6-11/h7-8,10-11H,1-6,9H2. The van der Waals surface area contributed by atoms with Gasteiger partial charge in [-0.3, -0.25) is 9.78 Å². The summed E-state index contributed by atoms with van der Waals surface area (Å²) in [5.74, 6) is -0.219. The molecule has 1 aromatic heterocycles. The molecule has 1 heterocycles. The molecule has 1 saturated carbocycles. The van der Waals surface area contributed by atoms with Gasteiger partial charge in [-0.2, -0.15) is 13.2 Å². The van der Waals surface area contributed by atoms with Crippen molar-refractivity contribution >= 4 is 5.78 Å². The van der Waals surface area contributed by atoms with E-state index in [0.717, 1.165) is 57.0 Å². The molecule has 0 saturated heterocycles. The van der Waals surface area contributed by atoms with Gasteiger partial charge in [0.15, 0.2) is 5.78 Å². The zero-order valence-corrected chi connectivity index (χ0v) is 11.2. The Balaban J connectivity index is 2.13. The number of hydrogen-bond acceptors (Lipinski definition) is 2. The summed E-state index contributed by atoms with van der Waals surface area (Å²) in [4.78, 5) is 15.8. The fourth-order valence-corrected chi connectivity index (χ4v) is 2.80. The largest absolute Gasteiger partial charge is 0.417 e. The molecule has 0 aliphatic heterocycles. The predicted molar refractivity (Wildman–Crippen MR) is 69.4 cm³/mol. The molecule has 110 valence electrons. The molecule has 1 aromatic rings. The SMILES string of the molecule is O=C(CC1CCCCCC1)c1cnccc1C(F)(F)F. The van der Waals surface area contributed by atoms with E-state index in [0.29, 0.717) is 0 Å². The first-order valence-electron chi connectivity index (χ1n) is 7.03. The van der Waals surface area contributed by atoms with E-state index in [-0.39, 0.29) is 17.9 Å². The smallest absolute Gasteiger partial charge is 0.294 e. The Morgan fingerprint density at radius 2 is 1.85 bits per heavy atom. The van der Waals surface area contributed by atoms with Crippen LogP contribution in [0.2, 0.25) is 0 Å². The number of alkyl halides is 3. The second kappa shape index (κ2) is 6.37. The van der Waals surface area contributed by atoms with E-state index < -0.39 is 17.5 Å². The van der Waals surface area contributed by atoms with Gasteiger partial charge in [0, 0.05) is 24.4 Å². The van der Waals surface area contributed by atoms with Crippen LogP contribution < -0.4 is 0 Å². The highest BCUT2D eigenvalue weighted by Gasteiger charge is 2.35. The number of carbonyl (C=O) groups excluding carboxylic acids is 1. The molecule has 0 unspecified atom stereocenters.